The van der Waals surface area contributed by atoms with Gasteiger partial charge in [-0.05, 0) is 46.5 Å². The summed E-state index contributed by atoms with van der Waals surface area (Å²) in [6.07, 6.45) is -5.19. The van der Waals surface area contributed by atoms with E-state index in [1.807, 2.05) is 5.43 Å². The summed E-state index contributed by atoms with van der Waals surface area (Å²) in [4.78, 5) is 21.5. The molecular weight excluding hydrogens is 553 g/mol. The van der Waals surface area contributed by atoms with Gasteiger partial charge in [-0.2, -0.15) is 13.2 Å². The summed E-state index contributed by atoms with van der Waals surface area (Å²) in [5.74, 6) is -0.167. The molecular formula is C29H29F3N6O4. The van der Waals surface area contributed by atoms with Crippen LogP contribution >= 0.6 is 0 Å². The van der Waals surface area contributed by atoms with Crippen LogP contribution in [0, 0.1) is 0 Å². The van der Waals surface area contributed by atoms with Crippen LogP contribution < -0.4 is 15.6 Å². The van der Waals surface area contributed by atoms with Gasteiger partial charge in [0.1, 0.15) is 12.3 Å². The molecule has 4 rings (SSSR count). The molecule has 3 aromatic rings. The molecule has 3 N–H and O–H groups in total. The number of aliphatic hydroxyl groups excluding tert-OH is 1. The maximum absolute atomic E-state index is 13.9. The summed E-state index contributed by atoms with van der Waals surface area (Å²) in [7, 11) is 0. The van der Waals surface area contributed by atoms with Gasteiger partial charge in [0.15, 0.2) is 11.6 Å². The van der Waals surface area contributed by atoms with Crippen molar-refractivity contribution in [3.05, 3.63) is 112 Å². The average Bonchev–Trinajstić information content (AvgIpc) is 3.37. The third-order valence-electron chi connectivity index (χ3n) is 6.51. The fraction of sp³-hybridized carbons (Fsp3) is 0.310. The first-order valence-electron chi connectivity index (χ1n) is 13.1. The molecule has 0 radical (unpaired) electrons. The van der Waals surface area contributed by atoms with Crippen LogP contribution in [0.15, 0.2) is 89.0 Å². The molecule has 1 aliphatic rings. The highest BCUT2D eigenvalue weighted by atomic mass is 19.4. The van der Waals surface area contributed by atoms with Crippen LogP contribution in [0.5, 0.6) is 5.75 Å². The Balaban J connectivity index is 1.78. The van der Waals surface area contributed by atoms with Gasteiger partial charge in [-0.25, -0.2) is 10.4 Å². The Bertz CT molecular complexity index is 1430. The van der Waals surface area contributed by atoms with Crippen molar-refractivity contribution in [3.63, 3.8) is 0 Å². The smallest absolute Gasteiger partial charge is 0.402 e. The first kappa shape index (κ1) is 30.4. The normalized spacial score (nSPS) is 18.0. The van der Waals surface area contributed by atoms with Crippen molar-refractivity contribution < 1.29 is 32.5 Å². The molecule has 0 bridgehead atoms. The van der Waals surface area contributed by atoms with Crippen LogP contribution in [0.4, 0.5) is 13.2 Å². The number of azide groups is 1. The minimum atomic E-state index is -4.57. The van der Waals surface area contributed by atoms with Crippen LogP contribution in [0.1, 0.15) is 34.8 Å². The first-order valence-corrected chi connectivity index (χ1v) is 13.1. The maximum atomic E-state index is 13.9. The van der Waals surface area contributed by atoms with Crippen molar-refractivity contribution >= 4 is 11.8 Å². The van der Waals surface area contributed by atoms with E-state index < -0.39 is 30.3 Å². The molecule has 0 aromatic heterocycles. The summed E-state index contributed by atoms with van der Waals surface area (Å²) < 4.78 is 50.7. The number of aliphatic hydroxyl groups is 1. The number of hydrogen-bond acceptors (Lipinski definition) is 7. The van der Waals surface area contributed by atoms with Gasteiger partial charge in [0.05, 0.1) is 13.2 Å². The second-order valence-electron chi connectivity index (χ2n) is 9.46. The summed E-state index contributed by atoms with van der Waals surface area (Å²) in [6, 6.07) is 22.6. The summed E-state index contributed by atoms with van der Waals surface area (Å²) in [5, 5.41) is 12.6. The minimum absolute atomic E-state index is 0.00186. The van der Waals surface area contributed by atoms with E-state index >= 15 is 0 Å². The van der Waals surface area contributed by atoms with Gasteiger partial charge >= 0.3 is 6.18 Å². The summed E-state index contributed by atoms with van der Waals surface area (Å²) >= 11 is 0. The van der Waals surface area contributed by atoms with E-state index in [1.165, 1.54) is 0 Å². The number of carbonyl (C=O) groups is 1. The SMILES string of the molecule is [N-]=[N+]=NCc1ccccc1C[C@]1(C(=O)NNCC(F)(F)F)N=C(c2ccc(OCCCO)cc2)O[C@H]1c1ccccc1. The van der Waals surface area contributed by atoms with E-state index in [4.69, 9.17) is 25.1 Å². The molecule has 1 aliphatic heterocycles. The highest BCUT2D eigenvalue weighted by molar-refractivity contribution is 6.01. The molecule has 0 saturated carbocycles. The largest absolute Gasteiger partial charge is 0.494 e. The van der Waals surface area contributed by atoms with Crippen molar-refractivity contribution in [3.8, 4) is 5.75 Å². The number of benzene rings is 3. The molecule has 3 aromatic carbocycles. The van der Waals surface area contributed by atoms with Gasteiger partial charge in [-0.15, -0.1) is 0 Å². The van der Waals surface area contributed by atoms with E-state index in [0.29, 0.717) is 41.0 Å². The number of rotatable bonds is 13. The summed E-state index contributed by atoms with van der Waals surface area (Å²) in [6.45, 7) is -1.13. The fourth-order valence-electron chi connectivity index (χ4n) is 4.53. The van der Waals surface area contributed by atoms with Gasteiger partial charge in [-0.1, -0.05) is 59.7 Å². The molecule has 1 amide bonds. The number of ether oxygens (including phenoxy) is 2. The van der Waals surface area contributed by atoms with Crippen LogP contribution in [0.2, 0.25) is 0 Å². The quantitative estimate of drug-likeness (QED) is 0.0861. The van der Waals surface area contributed by atoms with Crippen molar-refractivity contribution in [1.29, 1.82) is 0 Å². The van der Waals surface area contributed by atoms with Crippen molar-refractivity contribution in [2.45, 2.75) is 37.2 Å². The predicted octanol–water partition coefficient (Wildman–Crippen LogP) is 4.94. The molecule has 2 atom stereocenters. The third-order valence-corrected chi connectivity index (χ3v) is 6.51. The Morgan fingerprint density at radius 1 is 1.07 bits per heavy atom. The highest BCUT2D eigenvalue weighted by Crippen LogP contribution is 2.43. The van der Waals surface area contributed by atoms with E-state index in [1.54, 1.807) is 78.9 Å². The standard InChI is InChI=1S/C29H29F3N6O4/c30-29(31,32)19-35-37-27(40)28(17-22-9-4-5-10-23(22)18-34-38-33)25(20-7-2-1-3-8-20)42-26(36-28)21-11-13-24(14-12-21)41-16-6-15-39/h1-5,7-14,25,35,39H,6,15-19H2,(H,37,40)/t25-,28-/m0/s1. The summed E-state index contributed by atoms with van der Waals surface area (Å²) in [5.41, 5.74) is 13.6. The van der Waals surface area contributed by atoms with Crippen LogP contribution in [0.3, 0.4) is 0 Å². The van der Waals surface area contributed by atoms with E-state index in [0.717, 1.165) is 0 Å². The number of carbonyl (C=O) groups excluding carboxylic acids is 1. The number of aliphatic imine (C=N–C) groups is 1. The van der Waals surface area contributed by atoms with Crippen LogP contribution in [-0.4, -0.2) is 48.4 Å². The monoisotopic (exact) mass is 582 g/mol. The molecule has 220 valence electrons. The number of alkyl halides is 3. The Morgan fingerprint density at radius 3 is 2.43 bits per heavy atom. The van der Waals surface area contributed by atoms with E-state index in [9.17, 15) is 18.0 Å². The van der Waals surface area contributed by atoms with Gasteiger partial charge in [-0.3, -0.25) is 10.2 Å². The molecule has 0 unspecified atom stereocenters. The molecule has 42 heavy (non-hydrogen) atoms. The zero-order valence-corrected chi connectivity index (χ0v) is 22.4. The van der Waals surface area contributed by atoms with Crippen LogP contribution in [0.25, 0.3) is 10.4 Å². The van der Waals surface area contributed by atoms with Gasteiger partial charge in [0.25, 0.3) is 5.91 Å². The van der Waals surface area contributed by atoms with E-state index in [2.05, 4.69) is 15.5 Å². The molecule has 0 spiro atoms. The number of halogens is 3. The Hall–Kier alpha value is -4.58. The molecule has 10 nitrogen and oxygen atoms in total. The fourth-order valence-corrected chi connectivity index (χ4v) is 4.53. The van der Waals surface area contributed by atoms with Gasteiger partial charge < -0.3 is 14.6 Å². The molecule has 0 fully saturated rings. The topological polar surface area (TPSA) is 141 Å². The lowest BCUT2D eigenvalue weighted by Gasteiger charge is -2.31. The Labute approximate surface area is 239 Å². The van der Waals surface area contributed by atoms with Crippen LogP contribution in [-0.2, 0) is 22.5 Å². The molecule has 1 heterocycles. The first-order chi connectivity index (χ1) is 20.3. The Morgan fingerprint density at radius 2 is 1.76 bits per heavy atom. The Kier molecular flexibility index (Phi) is 10.0. The average molecular weight is 583 g/mol. The minimum Gasteiger partial charge on any atom is -0.494 e. The second kappa shape index (κ2) is 13.9. The maximum Gasteiger partial charge on any atom is 0.402 e. The highest BCUT2D eigenvalue weighted by Gasteiger charge is 2.53. The van der Waals surface area contributed by atoms with E-state index in [-0.39, 0.29) is 25.5 Å². The lowest BCUT2D eigenvalue weighted by molar-refractivity contribution is -0.136. The number of nitrogens with zero attached hydrogens (tertiary/aromatic N) is 4. The number of hydrogen-bond donors (Lipinski definition) is 3. The number of amides is 1. The predicted molar refractivity (Wildman–Crippen MR) is 148 cm³/mol. The molecule has 0 aliphatic carbocycles. The third kappa shape index (κ3) is 7.58. The second-order valence-corrected chi connectivity index (χ2v) is 9.46. The lowest BCUT2D eigenvalue weighted by Crippen LogP contribution is -2.55. The van der Waals surface area contributed by atoms with Crippen molar-refractivity contribution in [2.24, 2.45) is 10.1 Å². The number of nitrogens with one attached hydrogen (secondary N) is 2. The molecule has 13 heteroatoms. The zero-order chi connectivity index (χ0) is 30.0. The molecule has 0 saturated heterocycles. The van der Waals surface area contributed by atoms with Crippen molar-refractivity contribution in [2.75, 3.05) is 19.8 Å². The van der Waals surface area contributed by atoms with Gasteiger partial charge in [0, 0.05) is 29.9 Å². The van der Waals surface area contributed by atoms with Crippen molar-refractivity contribution in [1.82, 2.24) is 10.9 Å². The zero-order valence-electron chi connectivity index (χ0n) is 22.4. The number of hydrazine groups is 1. The van der Waals surface area contributed by atoms with Gasteiger partial charge in [0.2, 0.25) is 5.90 Å². The lowest BCUT2D eigenvalue weighted by atomic mass is 9.81.